The lowest BCUT2D eigenvalue weighted by atomic mass is 10.1. The van der Waals surface area contributed by atoms with E-state index in [1.165, 1.54) is 31.0 Å². The third-order valence-electron chi connectivity index (χ3n) is 5.28. The van der Waals surface area contributed by atoms with Gasteiger partial charge in [-0.15, -0.1) is 0 Å². The number of anilines is 1. The average molecular weight is 518 g/mol. The van der Waals surface area contributed by atoms with Gasteiger partial charge in [-0.3, -0.25) is 14.4 Å². The molecular weight excluding hydrogens is 494 g/mol. The lowest BCUT2D eigenvalue weighted by molar-refractivity contribution is -0.122. The molecule has 10 heteroatoms. The molecule has 0 aromatic heterocycles. The molecule has 0 aliphatic carbocycles. The Hall–Kier alpha value is -4.44. The van der Waals surface area contributed by atoms with Crippen molar-refractivity contribution in [2.75, 3.05) is 19.0 Å². The van der Waals surface area contributed by atoms with Crippen LogP contribution in [-0.2, 0) is 14.3 Å². The van der Waals surface area contributed by atoms with Crippen LogP contribution in [-0.4, -0.2) is 47.7 Å². The normalized spacial score (nSPS) is 15.6. The minimum atomic E-state index is -0.676. The maximum absolute atomic E-state index is 12.5. The fourth-order valence-corrected chi connectivity index (χ4v) is 4.44. The number of ether oxygens (including phenoxy) is 2. The van der Waals surface area contributed by atoms with E-state index in [2.05, 4.69) is 15.6 Å². The van der Waals surface area contributed by atoms with Crippen LogP contribution in [0.4, 0.5) is 11.4 Å². The molecule has 2 N–H and O–H groups in total. The summed E-state index contributed by atoms with van der Waals surface area (Å²) in [4.78, 5) is 53.8. The first kappa shape index (κ1) is 25.6. The van der Waals surface area contributed by atoms with Crippen molar-refractivity contribution in [1.29, 1.82) is 0 Å². The SMILES string of the molecule is COc1ccccc1C(=O)COC(=O)c1ccc(NC(=O)CC2SC(=Nc3ccccc3)NC2=O)cc1. The molecule has 0 radical (unpaired) electrons. The number of nitrogens with zero attached hydrogens (tertiary/aromatic N) is 1. The van der Waals surface area contributed by atoms with Gasteiger partial charge in [-0.1, -0.05) is 42.1 Å². The number of hydrogen-bond acceptors (Lipinski definition) is 8. The molecule has 3 aromatic rings. The maximum Gasteiger partial charge on any atom is 0.338 e. The average Bonchev–Trinajstić information content (AvgIpc) is 3.25. The molecule has 37 heavy (non-hydrogen) atoms. The van der Waals surface area contributed by atoms with Crippen LogP contribution in [0.2, 0.25) is 0 Å². The zero-order valence-corrected chi connectivity index (χ0v) is 20.6. The summed E-state index contributed by atoms with van der Waals surface area (Å²) in [6.07, 6.45) is -0.0425. The number of carbonyl (C=O) groups is 4. The molecule has 1 heterocycles. The summed E-state index contributed by atoms with van der Waals surface area (Å²) in [5.41, 5.74) is 1.70. The van der Waals surface area contributed by atoms with Crippen LogP contribution in [0.1, 0.15) is 27.1 Å². The Morgan fingerprint density at radius 2 is 1.68 bits per heavy atom. The molecule has 3 aromatic carbocycles. The number of hydrogen-bond donors (Lipinski definition) is 2. The molecule has 0 saturated carbocycles. The number of para-hydroxylation sites is 2. The van der Waals surface area contributed by atoms with Crippen molar-refractivity contribution in [2.24, 2.45) is 4.99 Å². The van der Waals surface area contributed by atoms with Gasteiger partial charge in [-0.25, -0.2) is 9.79 Å². The lowest BCUT2D eigenvalue weighted by Gasteiger charge is -2.09. The number of benzene rings is 3. The van der Waals surface area contributed by atoms with Crippen LogP contribution < -0.4 is 15.4 Å². The molecule has 9 nitrogen and oxygen atoms in total. The molecule has 188 valence electrons. The van der Waals surface area contributed by atoms with Gasteiger partial charge in [0.15, 0.2) is 11.8 Å². The Kier molecular flexibility index (Phi) is 8.32. The van der Waals surface area contributed by atoms with E-state index in [1.807, 2.05) is 30.3 Å². The molecular formula is C27H23N3O6S. The molecule has 2 amide bonds. The van der Waals surface area contributed by atoms with E-state index in [1.54, 1.807) is 36.4 Å². The van der Waals surface area contributed by atoms with Gasteiger partial charge in [0.25, 0.3) is 0 Å². The van der Waals surface area contributed by atoms with Crippen molar-refractivity contribution in [3.63, 3.8) is 0 Å². The highest BCUT2D eigenvalue weighted by Crippen LogP contribution is 2.25. The van der Waals surface area contributed by atoms with Crippen molar-refractivity contribution >= 4 is 51.9 Å². The third-order valence-corrected chi connectivity index (χ3v) is 6.36. The predicted octanol–water partition coefficient (Wildman–Crippen LogP) is 3.98. The Bertz CT molecular complexity index is 1340. The van der Waals surface area contributed by atoms with Gasteiger partial charge in [0.2, 0.25) is 17.6 Å². The quantitative estimate of drug-likeness (QED) is 0.325. The fourth-order valence-electron chi connectivity index (χ4n) is 3.45. The van der Waals surface area contributed by atoms with Crippen molar-refractivity contribution < 1.29 is 28.7 Å². The Balaban J connectivity index is 1.27. The highest BCUT2D eigenvalue weighted by atomic mass is 32.2. The highest BCUT2D eigenvalue weighted by molar-refractivity contribution is 8.15. The Morgan fingerprint density at radius 1 is 0.973 bits per heavy atom. The first-order chi connectivity index (χ1) is 17.9. The van der Waals surface area contributed by atoms with Crippen molar-refractivity contribution in [3.05, 3.63) is 90.0 Å². The van der Waals surface area contributed by atoms with E-state index in [9.17, 15) is 19.2 Å². The predicted molar refractivity (Wildman–Crippen MR) is 140 cm³/mol. The van der Waals surface area contributed by atoms with Crippen LogP contribution in [0.15, 0.2) is 83.9 Å². The molecule has 0 spiro atoms. The smallest absolute Gasteiger partial charge is 0.338 e. The van der Waals surface area contributed by atoms with Crippen LogP contribution in [0, 0.1) is 0 Å². The number of ketones is 1. The van der Waals surface area contributed by atoms with Gasteiger partial charge in [-0.2, -0.15) is 0 Å². The van der Waals surface area contributed by atoms with Crippen LogP contribution in [0.25, 0.3) is 0 Å². The molecule has 1 aliphatic rings. The van der Waals surface area contributed by atoms with E-state index in [0.717, 1.165) is 0 Å². The van der Waals surface area contributed by atoms with Crippen molar-refractivity contribution in [1.82, 2.24) is 5.32 Å². The molecule has 1 atom stereocenters. The highest BCUT2D eigenvalue weighted by Gasteiger charge is 2.32. The van der Waals surface area contributed by atoms with Gasteiger partial charge in [0, 0.05) is 12.1 Å². The van der Waals surface area contributed by atoms with Gasteiger partial charge in [0.05, 0.1) is 23.9 Å². The monoisotopic (exact) mass is 517 g/mol. The topological polar surface area (TPSA) is 123 Å². The van der Waals surface area contributed by atoms with Crippen molar-refractivity contribution in [3.8, 4) is 5.75 Å². The van der Waals surface area contributed by atoms with E-state index in [-0.39, 0.29) is 29.6 Å². The second-order valence-electron chi connectivity index (χ2n) is 7.88. The summed E-state index contributed by atoms with van der Waals surface area (Å²) in [5.74, 6) is -1.30. The molecule has 0 bridgehead atoms. The summed E-state index contributed by atoms with van der Waals surface area (Å²) in [6, 6.07) is 21.9. The molecule has 1 fully saturated rings. The number of amides is 2. The largest absolute Gasteiger partial charge is 0.496 e. The second kappa shape index (κ2) is 12.0. The lowest BCUT2D eigenvalue weighted by Crippen LogP contribution is -2.28. The number of methoxy groups -OCH3 is 1. The van der Waals surface area contributed by atoms with Crippen LogP contribution in [0.3, 0.4) is 0 Å². The first-order valence-corrected chi connectivity index (χ1v) is 12.2. The van der Waals surface area contributed by atoms with Gasteiger partial charge < -0.3 is 20.1 Å². The zero-order chi connectivity index (χ0) is 26.2. The van der Waals surface area contributed by atoms with E-state index >= 15 is 0 Å². The van der Waals surface area contributed by atoms with Crippen LogP contribution in [0.5, 0.6) is 5.75 Å². The standard InChI is InChI=1S/C27H23N3O6S/c1-35-22-10-6-5-9-20(22)21(31)16-36-26(34)17-11-13-19(14-12-17)28-24(32)15-23-25(33)30-27(37-23)29-18-7-3-2-4-8-18/h2-14,23H,15-16H2,1H3,(H,28,32)(H,29,30,33). The fraction of sp³-hybridized carbons (Fsp3) is 0.148. The Labute approximate surface area is 217 Å². The molecule has 1 unspecified atom stereocenters. The second-order valence-corrected chi connectivity index (χ2v) is 9.07. The van der Waals surface area contributed by atoms with Crippen molar-refractivity contribution in [2.45, 2.75) is 11.7 Å². The van der Waals surface area contributed by atoms with E-state index in [0.29, 0.717) is 27.9 Å². The minimum absolute atomic E-state index is 0.0425. The van der Waals surface area contributed by atoms with Gasteiger partial charge in [0.1, 0.15) is 11.0 Å². The number of Topliss-reactive ketones (excluding diaryl/α,β-unsaturated/α-hetero) is 1. The molecule has 1 aliphatic heterocycles. The number of carbonyl (C=O) groups excluding carboxylic acids is 4. The summed E-state index contributed by atoms with van der Waals surface area (Å²) in [5, 5.41) is 5.25. The van der Waals surface area contributed by atoms with Crippen LogP contribution >= 0.6 is 11.8 Å². The number of aliphatic imine (C=N–C) groups is 1. The summed E-state index contributed by atoms with van der Waals surface area (Å²) >= 11 is 1.20. The molecule has 4 rings (SSSR count). The first-order valence-electron chi connectivity index (χ1n) is 11.3. The van der Waals surface area contributed by atoms with Gasteiger partial charge in [-0.05, 0) is 48.5 Å². The number of rotatable bonds is 9. The number of esters is 1. The van der Waals surface area contributed by atoms with E-state index < -0.39 is 17.8 Å². The summed E-state index contributed by atoms with van der Waals surface area (Å²) in [7, 11) is 1.46. The number of thioether (sulfide) groups is 1. The summed E-state index contributed by atoms with van der Waals surface area (Å²) in [6.45, 7) is -0.436. The number of amidine groups is 1. The zero-order valence-electron chi connectivity index (χ0n) is 19.8. The molecule has 1 saturated heterocycles. The minimum Gasteiger partial charge on any atom is -0.496 e. The summed E-state index contributed by atoms with van der Waals surface area (Å²) < 4.78 is 10.3. The Morgan fingerprint density at radius 3 is 2.41 bits per heavy atom. The number of nitrogens with one attached hydrogen (secondary N) is 2. The maximum atomic E-state index is 12.5. The van der Waals surface area contributed by atoms with Gasteiger partial charge >= 0.3 is 5.97 Å². The van der Waals surface area contributed by atoms with E-state index in [4.69, 9.17) is 9.47 Å². The third kappa shape index (κ3) is 6.83.